The Balaban J connectivity index is 1.43. The van der Waals surface area contributed by atoms with E-state index in [1.54, 1.807) is 18.3 Å². The number of hydrazone groups is 1. The Morgan fingerprint density at radius 2 is 2.09 bits per heavy atom. The summed E-state index contributed by atoms with van der Waals surface area (Å²) in [4.78, 5) is 12.6. The molecule has 2 aromatic rings. The summed E-state index contributed by atoms with van der Waals surface area (Å²) >= 11 is 15.8. The summed E-state index contributed by atoms with van der Waals surface area (Å²) in [5.41, 5.74) is 4.49. The Labute approximate surface area is 212 Å². The number of hydrogen-bond donors (Lipinski definition) is 1. The van der Waals surface area contributed by atoms with Gasteiger partial charge in [0.25, 0.3) is 0 Å². The zero-order valence-electron chi connectivity index (χ0n) is 18.7. The van der Waals surface area contributed by atoms with Crippen LogP contribution in [0.5, 0.6) is 11.5 Å². The van der Waals surface area contributed by atoms with Gasteiger partial charge in [0.15, 0.2) is 11.5 Å². The van der Waals surface area contributed by atoms with Gasteiger partial charge in [0.2, 0.25) is 5.91 Å². The fraction of sp³-hybridized carbons (Fsp3) is 0.440. The first-order chi connectivity index (χ1) is 15.8. The van der Waals surface area contributed by atoms with Crippen molar-refractivity contribution in [2.24, 2.45) is 22.4 Å². The van der Waals surface area contributed by atoms with Gasteiger partial charge in [-0.1, -0.05) is 49.0 Å². The minimum Gasteiger partial charge on any atom is -0.490 e. The van der Waals surface area contributed by atoms with E-state index in [4.69, 9.17) is 32.7 Å². The number of carbonyl (C=O) groups is 1. The van der Waals surface area contributed by atoms with E-state index in [0.717, 1.165) is 24.0 Å². The van der Waals surface area contributed by atoms with E-state index in [1.807, 2.05) is 25.1 Å². The van der Waals surface area contributed by atoms with Crippen LogP contribution in [0.4, 0.5) is 0 Å². The molecule has 0 spiro atoms. The van der Waals surface area contributed by atoms with E-state index < -0.39 is 0 Å². The fourth-order valence-corrected chi connectivity index (χ4v) is 5.98. The summed E-state index contributed by atoms with van der Waals surface area (Å²) < 4.78 is 12.5. The standard InChI is InChI=1S/C25H27BrCl2N2O3/c1-3-32-21-11-15(13-29-30-24(31)22-18-6-4-5-9-25(18,22)2)10-19(26)23(21)33-14-16-7-8-17(27)12-20(16)28/h7-8,10-13,18,22H,3-6,9,14H2,1-2H3,(H,30,31)/b29-13+/t18-,22+,25+/m1/s1. The molecule has 2 saturated carbocycles. The summed E-state index contributed by atoms with van der Waals surface area (Å²) in [6.07, 6.45) is 6.34. The second-order valence-corrected chi connectivity index (χ2v) is 10.6. The van der Waals surface area contributed by atoms with Gasteiger partial charge in [-0.3, -0.25) is 4.79 Å². The molecule has 0 aromatic heterocycles. The molecule has 0 radical (unpaired) electrons. The topological polar surface area (TPSA) is 59.9 Å². The van der Waals surface area contributed by atoms with Crippen LogP contribution < -0.4 is 14.9 Å². The molecule has 0 saturated heterocycles. The minimum absolute atomic E-state index is 0.0181. The van der Waals surface area contributed by atoms with E-state index in [9.17, 15) is 4.79 Å². The third-order valence-corrected chi connectivity index (χ3v) is 7.90. The van der Waals surface area contributed by atoms with Crippen molar-refractivity contribution in [3.63, 3.8) is 0 Å². The molecule has 0 heterocycles. The molecule has 176 valence electrons. The average molecular weight is 554 g/mol. The summed E-state index contributed by atoms with van der Waals surface area (Å²) in [5, 5.41) is 5.32. The van der Waals surface area contributed by atoms with Gasteiger partial charge in [-0.05, 0) is 76.9 Å². The highest BCUT2D eigenvalue weighted by atomic mass is 79.9. The lowest BCUT2D eigenvalue weighted by atomic mass is 9.90. The van der Waals surface area contributed by atoms with E-state index in [1.165, 1.54) is 12.8 Å². The molecule has 0 aliphatic heterocycles. The molecule has 8 heteroatoms. The SMILES string of the molecule is CCOc1cc(/C=N/NC(=O)[C@@H]2[C@H]3CCCC[C@@]32C)cc(Br)c1OCc1ccc(Cl)cc1Cl. The highest BCUT2D eigenvalue weighted by Gasteiger charge is 2.64. The Morgan fingerprint density at radius 3 is 2.79 bits per heavy atom. The summed E-state index contributed by atoms with van der Waals surface area (Å²) in [5.74, 6) is 1.75. The van der Waals surface area contributed by atoms with Crippen LogP contribution in [0.1, 0.15) is 50.7 Å². The number of fused-ring (bicyclic) bond motifs is 1. The molecule has 2 aliphatic carbocycles. The molecule has 2 fully saturated rings. The van der Waals surface area contributed by atoms with E-state index >= 15 is 0 Å². The summed E-state index contributed by atoms with van der Waals surface area (Å²) in [6.45, 7) is 4.87. The number of nitrogens with one attached hydrogen (secondary N) is 1. The van der Waals surface area contributed by atoms with E-state index in [0.29, 0.717) is 38.5 Å². The quantitative estimate of drug-likeness (QED) is 0.282. The zero-order chi connectivity index (χ0) is 23.6. The molecule has 0 unspecified atom stereocenters. The van der Waals surface area contributed by atoms with Crippen molar-refractivity contribution in [3.05, 3.63) is 56.0 Å². The van der Waals surface area contributed by atoms with Crippen LogP contribution in [0.15, 0.2) is 39.9 Å². The van der Waals surface area contributed by atoms with Gasteiger partial charge in [0.1, 0.15) is 6.61 Å². The molecule has 3 atom stereocenters. The number of nitrogens with zero attached hydrogens (tertiary/aromatic N) is 1. The normalized spacial score (nSPS) is 23.8. The number of amides is 1. The van der Waals surface area contributed by atoms with Crippen LogP contribution in [0.3, 0.4) is 0 Å². The second-order valence-electron chi connectivity index (χ2n) is 8.86. The largest absolute Gasteiger partial charge is 0.490 e. The monoisotopic (exact) mass is 552 g/mol. The lowest BCUT2D eigenvalue weighted by Crippen LogP contribution is -2.22. The van der Waals surface area contributed by atoms with Crippen molar-refractivity contribution < 1.29 is 14.3 Å². The maximum Gasteiger partial charge on any atom is 0.244 e. The van der Waals surface area contributed by atoms with Crippen LogP contribution >= 0.6 is 39.1 Å². The molecule has 2 aromatic carbocycles. The third-order valence-electron chi connectivity index (χ3n) is 6.72. The zero-order valence-corrected chi connectivity index (χ0v) is 21.8. The Bertz CT molecular complexity index is 1080. The van der Waals surface area contributed by atoms with Crippen molar-refractivity contribution in [2.45, 2.75) is 46.1 Å². The number of carbonyl (C=O) groups excluding carboxylic acids is 1. The Morgan fingerprint density at radius 1 is 1.27 bits per heavy atom. The van der Waals surface area contributed by atoms with Gasteiger partial charge in [-0.25, -0.2) is 5.43 Å². The second kappa shape index (κ2) is 10.2. The van der Waals surface area contributed by atoms with Gasteiger partial charge < -0.3 is 9.47 Å². The van der Waals surface area contributed by atoms with Gasteiger partial charge >= 0.3 is 0 Å². The minimum atomic E-state index is 0.0181. The first kappa shape index (κ1) is 24.4. The van der Waals surface area contributed by atoms with Crippen molar-refractivity contribution in [1.29, 1.82) is 0 Å². The van der Waals surface area contributed by atoms with Crippen molar-refractivity contribution in [1.82, 2.24) is 5.43 Å². The predicted octanol–water partition coefficient (Wildman–Crippen LogP) is 7.01. The Kier molecular flexibility index (Phi) is 7.56. The van der Waals surface area contributed by atoms with Crippen LogP contribution in [0.25, 0.3) is 0 Å². The highest BCUT2D eigenvalue weighted by molar-refractivity contribution is 9.10. The summed E-state index contributed by atoms with van der Waals surface area (Å²) in [6, 6.07) is 9.00. The van der Waals surface area contributed by atoms with Crippen LogP contribution in [0.2, 0.25) is 10.0 Å². The van der Waals surface area contributed by atoms with Crippen molar-refractivity contribution in [3.8, 4) is 11.5 Å². The Hall–Kier alpha value is -1.76. The highest BCUT2D eigenvalue weighted by Crippen LogP contribution is 2.66. The molecule has 1 N–H and O–H groups in total. The molecule has 33 heavy (non-hydrogen) atoms. The predicted molar refractivity (Wildman–Crippen MR) is 135 cm³/mol. The first-order valence-electron chi connectivity index (χ1n) is 11.2. The van der Waals surface area contributed by atoms with Gasteiger partial charge in [-0.15, -0.1) is 0 Å². The molecular weight excluding hydrogens is 527 g/mol. The van der Waals surface area contributed by atoms with Crippen LogP contribution in [0, 0.1) is 17.3 Å². The van der Waals surface area contributed by atoms with Gasteiger partial charge in [0, 0.05) is 21.5 Å². The van der Waals surface area contributed by atoms with Crippen molar-refractivity contribution >= 4 is 51.3 Å². The van der Waals surface area contributed by atoms with Gasteiger partial charge in [-0.2, -0.15) is 5.10 Å². The number of hydrogen-bond acceptors (Lipinski definition) is 4. The lowest BCUT2D eigenvalue weighted by molar-refractivity contribution is -0.123. The molecule has 0 bridgehead atoms. The number of rotatable bonds is 8. The van der Waals surface area contributed by atoms with Crippen LogP contribution in [-0.4, -0.2) is 18.7 Å². The first-order valence-corrected chi connectivity index (χ1v) is 12.7. The summed E-state index contributed by atoms with van der Waals surface area (Å²) in [7, 11) is 0. The fourth-order valence-electron chi connectivity index (χ4n) is 4.94. The van der Waals surface area contributed by atoms with Gasteiger partial charge in [0.05, 0.1) is 17.3 Å². The lowest BCUT2D eigenvalue weighted by Gasteiger charge is -2.15. The molecule has 2 aliphatic rings. The average Bonchev–Trinajstić information content (AvgIpc) is 3.40. The molecule has 4 rings (SSSR count). The molecule has 5 nitrogen and oxygen atoms in total. The van der Waals surface area contributed by atoms with Crippen molar-refractivity contribution in [2.75, 3.05) is 6.61 Å². The number of halogens is 3. The van der Waals surface area contributed by atoms with Crippen LogP contribution in [-0.2, 0) is 11.4 Å². The maximum absolute atomic E-state index is 12.6. The number of benzene rings is 2. The maximum atomic E-state index is 12.6. The smallest absolute Gasteiger partial charge is 0.244 e. The van der Waals surface area contributed by atoms with E-state index in [-0.39, 0.29) is 23.8 Å². The molecule has 1 amide bonds. The molecular formula is C25H27BrCl2N2O3. The third kappa shape index (κ3) is 5.33. The number of ether oxygens (including phenoxy) is 2. The van der Waals surface area contributed by atoms with E-state index in [2.05, 4.69) is 33.4 Å².